The molecule has 1 N–H and O–H groups in total. The largest absolute Gasteiger partial charge is 0.311 e. The van der Waals surface area contributed by atoms with E-state index in [4.69, 9.17) is 0 Å². The fourth-order valence-corrected chi connectivity index (χ4v) is 3.73. The molecule has 0 atom stereocenters. The number of nitrogens with one attached hydrogen (secondary N) is 1. The molecule has 4 rings (SSSR count). The molecule has 1 aromatic carbocycles. The molecule has 0 spiro atoms. The van der Waals surface area contributed by atoms with Crippen molar-refractivity contribution in [3.05, 3.63) is 75.8 Å². The number of aromatic nitrogens is 4. The summed E-state index contributed by atoms with van der Waals surface area (Å²) in [4.78, 5) is 29.8. The number of benzene rings is 1. The molecule has 0 fully saturated rings. The van der Waals surface area contributed by atoms with E-state index < -0.39 is 0 Å². The summed E-state index contributed by atoms with van der Waals surface area (Å²) in [5.74, 6) is 0.469. The number of fused-ring (bicyclic) bond motifs is 1. The molecule has 0 bridgehead atoms. The Labute approximate surface area is 165 Å². The van der Waals surface area contributed by atoms with Gasteiger partial charge in [-0.3, -0.25) is 14.2 Å². The Morgan fingerprint density at radius 1 is 1.21 bits per heavy atom. The number of aryl methyl sites for hydroxylation is 2. The Kier molecular flexibility index (Phi) is 5.03. The molecule has 28 heavy (non-hydrogen) atoms. The first-order chi connectivity index (χ1) is 13.6. The van der Waals surface area contributed by atoms with Crippen molar-refractivity contribution in [2.24, 2.45) is 0 Å². The Balaban J connectivity index is 1.43. The molecular weight excluding hydrogens is 374 g/mol. The second-order valence-corrected chi connectivity index (χ2v) is 7.39. The van der Waals surface area contributed by atoms with E-state index in [-0.39, 0.29) is 24.4 Å². The van der Waals surface area contributed by atoms with Gasteiger partial charge in [0.1, 0.15) is 10.6 Å². The van der Waals surface area contributed by atoms with Gasteiger partial charge in [0.25, 0.3) is 5.56 Å². The molecule has 3 heterocycles. The van der Waals surface area contributed by atoms with Gasteiger partial charge >= 0.3 is 0 Å². The molecule has 4 aromatic rings. The van der Waals surface area contributed by atoms with Gasteiger partial charge in [0, 0.05) is 19.0 Å². The van der Waals surface area contributed by atoms with Gasteiger partial charge in [0.2, 0.25) is 5.91 Å². The van der Waals surface area contributed by atoms with Crippen molar-refractivity contribution in [2.75, 3.05) is 5.32 Å². The summed E-state index contributed by atoms with van der Waals surface area (Å²) in [5.41, 5.74) is 1.81. The number of hydrogen-bond acceptors (Lipinski definition) is 5. The summed E-state index contributed by atoms with van der Waals surface area (Å²) in [7, 11) is 0. The molecule has 0 saturated carbocycles. The average molecular weight is 393 g/mol. The first-order valence-electron chi connectivity index (χ1n) is 8.91. The van der Waals surface area contributed by atoms with Gasteiger partial charge < -0.3 is 5.32 Å². The maximum absolute atomic E-state index is 12.4. The average Bonchev–Trinajstić information content (AvgIpc) is 3.29. The lowest BCUT2D eigenvalue weighted by atomic mass is 10.2. The van der Waals surface area contributed by atoms with Gasteiger partial charge in [-0.25, -0.2) is 9.67 Å². The minimum Gasteiger partial charge on any atom is -0.311 e. The fraction of sp³-hybridized carbons (Fsp3) is 0.200. The first-order valence-corrected chi connectivity index (χ1v) is 9.79. The van der Waals surface area contributed by atoms with Crippen LogP contribution in [-0.2, 0) is 17.9 Å². The van der Waals surface area contributed by atoms with Crippen molar-refractivity contribution in [2.45, 2.75) is 26.4 Å². The second kappa shape index (κ2) is 7.77. The van der Waals surface area contributed by atoms with Crippen LogP contribution in [0.2, 0.25) is 0 Å². The summed E-state index contributed by atoms with van der Waals surface area (Å²) < 4.78 is 3.24. The zero-order valence-corrected chi connectivity index (χ0v) is 16.1. The number of nitrogens with zero attached hydrogens (tertiary/aromatic N) is 4. The zero-order valence-electron chi connectivity index (χ0n) is 15.3. The van der Waals surface area contributed by atoms with Crippen LogP contribution < -0.4 is 10.9 Å². The normalized spacial score (nSPS) is 11.0. The Hall–Kier alpha value is -3.26. The van der Waals surface area contributed by atoms with Crippen molar-refractivity contribution < 1.29 is 4.79 Å². The van der Waals surface area contributed by atoms with E-state index in [0.717, 1.165) is 11.3 Å². The fourth-order valence-electron chi connectivity index (χ4n) is 3.00. The maximum Gasteiger partial charge on any atom is 0.262 e. The minimum absolute atomic E-state index is 0.121. The van der Waals surface area contributed by atoms with Crippen LogP contribution in [0.15, 0.2) is 59.0 Å². The van der Waals surface area contributed by atoms with Crippen LogP contribution in [0, 0.1) is 6.92 Å². The summed E-state index contributed by atoms with van der Waals surface area (Å²) in [6.45, 7) is 2.73. The molecule has 1 amide bonds. The number of thiophene rings is 1. The Morgan fingerprint density at radius 2 is 2.04 bits per heavy atom. The highest BCUT2D eigenvalue weighted by Crippen LogP contribution is 2.15. The van der Waals surface area contributed by atoms with Crippen LogP contribution in [0.1, 0.15) is 17.7 Å². The van der Waals surface area contributed by atoms with E-state index in [2.05, 4.69) is 15.4 Å². The van der Waals surface area contributed by atoms with Crippen LogP contribution in [0.3, 0.4) is 0 Å². The summed E-state index contributed by atoms with van der Waals surface area (Å²) in [5, 5.41) is 9.79. The highest BCUT2D eigenvalue weighted by atomic mass is 32.1. The molecule has 0 unspecified atom stereocenters. The molecule has 0 saturated heterocycles. The Bertz CT molecular complexity index is 1180. The first kappa shape index (κ1) is 18.1. The third kappa shape index (κ3) is 3.86. The zero-order chi connectivity index (χ0) is 19.5. The molecule has 7 nitrogen and oxygen atoms in total. The predicted molar refractivity (Wildman–Crippen MR) is 110 cm³/mol. The molecule has 3 aromatic heterocycles. The summed E-state index contributed by atoms with van der Waals surface area (Å²) in [6, 6.07) is 13.5. The highest BCUT2D eigenvalue weighted by Gasteiger charge is 2.11. The maximum atomic E-state index is 12.4. The smallest absolute Gasteiger partial charge is 0.262 e. The van der Waals surface area contributed by atoms with Crippen molar-refractivity contribution in [3.63, 3.8) is 0 Å². The molecule has 8 heteroatoms. The van der Waals surface area contributed by atoms with Crippen LogP contribution in [0.4, 0.5) is 5.82 Å². The van der Waals surface area contributed by atoms with Gasteiger partial charge in [0.05, 0.1) is 24.0 Å². The Morgan fingerprint density at radius 3 is 2.86 bits per heavy atom. The van der Waals surface area contributed by atoms with E-state index in [1.54, 1.807) is 10.7 Å². The van der Waals surface area contributed by atoms with Crippen LogP contribution in [0.5, 0.6) is 0 Å². The standard InChI is InChI=1S/C20H19N5O2S/c1-14-11-17(25(23-14)12-15-5-3-2-4-6-15)22-18(26)7-9-24-13-21-19-16(20(24)27)8-10-28-19/h2-6,8,10-11,13H,7,9,12H2,1H3,(H,22,26). The van der Waals surface area contributed by atoms with Gasteiger partial charge in [-0.05, 0) is 23.9 Å². The lowest BCUT2D eigenvalue weighted by Gasteiger charge is -2.10. The summed E-state index contributed by atoms with van der Waals surface area (Å²) >= 11 is 1.43. The van der Waals surface area contributed by atoms with Crippen molar-refractivity contribution in [1.82, 2.24) is 19.3 Å². The third-order valence-corrected chi connectivity index (χ3v) is 5.20. The molecule has 0 aliphatic carbocycles. The van der Waals surface area contributed by atoms with Crippen molar-refractivity contribution in [3.8, 4) is 0 Å². The molecule has 0 aliphatic rings. The van der Waals surface area contributed by atoms with Gasteiger partial charge in [0.15, 0.2) is 0 Å². The monoisotopic (exact) mass is 393 g/mol. The van der Waals surface area contributed by atoms with Gasteiger partial charge in [-0.15, -0.1) is 11.3 Å². The quantitative estimate of drug-likeness (QED) is 0.546. The number of rotatable bonds is 6. The molecule has 142 valence electrons. The molecule has 0 radical (unpaired) electrons. The number of carbonyl (C=O) groups excluding carboxylic acids is 1. The van der Waals surface area contributed by atoms with Gasteiger partial charge in [-0.1, -0.05) is 30.3 Å². The summed E-state index contributed by atoms with van der Waals surface area (Å²) in [6.07, 6.45) is 1.67. The number of amides is 1. The minimum atomic E-state index is -0.175. The van der Waals surface area contributed by atoms with E-state index in [1.807, 2.05) is 48.7 Å². The van der Waals surface area contributed by atoms with Crippen molar-refractivity contribution in [1.29, 1.82) is 0 Å². The van der Waals surface area contributed by atoms with E-state index in [0.29, 0.717) is 22.6 Å². The van der Waals surface area contributed by atoms with Crippen LogP contribution in [-0.4, -0.2) is 25.2 Å². The molecular formula is C20H19N5O2S. The predicted octanol–water partition coefficient (Wildman–Crippen LogP) is 3.04. The topological polar surface area (TPSA) is 81.8 Å². The number of hydrogen-bond donors (Lipinski definition) is 1. The molecule has 0 aliphatic heterocycles. The van der Waals surface area contributed by atoms with E-state index >= 15 is 0 Å². The van der Waals surface area contributed by atoms with Gasteiger partial charge in [-0.2, -0.15) is 5.10 Å². The van der Waals surface area contributed by atoms with Crippen molar-refractivity contribution >= 4 is 33.3 Å². The van der Waals surface area contributed by atoms with E-state index in [9.17, 15) is 9.59 Å². The van der Waals surface area contributed by atoms with Crippen LogP contribution in [0.25, 0.3) is 10.2 Å². The highest BCUT2D eigenvalue weighted by molar-refractivity contribution is 7.16. The lowest BCUT2D eigenvalue weighted by Crippen LogP contribution is -2.23. The lowest BCUT2D eigenvalue weighted by molar-refractivity contribution is -0.116. The second-order valence-electron chi connectivity index (χ2n) is 6.49. The number of carbonyl (C=O) groups is 1. The van der Waals surface area contributed by atoms with E-state index in [1.165, 1.54) is 22.2 Å². The third-order valence-electron chi connectivity index (χ3n) is 4.37. The number of anilines is 1. The van der Waals surface area contributed by atoms with Crippen LogP contribution >= 0.6 is 11.3 Å². The SMILES string of the molecule is Cc1cc(NC(=O)CCn2cnc3sccc3c2=O)n(Cc2ccccc2)n1.